The predicted molar refractivity (Wildman–Crippen MR) is 50.8 cm³/mol. The lowest BCUT2D eigenvalue weighted by molar-refractivity contribution is 0.847. The minimum absolute atomic E-state index is 0.437. The third-order valence-electron chi connectivity index (χ3n) is 1.54. The maximum absolute atomic E-state index is 5.72. The lowest BCUT2D eigenvalue weighted by Gasteiger charge is -1.98. The van der Waals surface area contributed by atoms with Crippen LogP contribution in [0, 0.1) is 0 Å². The zero-order valence-electron chi connectivity index (χ0n) is 6.68. The summed E-state index contributed by atoms with van der Waals surface area (Å²) >= 11 is 5.72. The highest BCUT2D eigenvalue weighted by atomic mass is 35.5. The molecule has 5 heteroatoms. The lowest BCUT2D eigenvalue weighted by Crippen LogP contribution is -1.97. The van der Waals surface area contributed by atoms with Crippen molar-refractivity contribution >= 4 is 17.3 Å². The van der Waals surface area contributed by atoms with Crippen molar-refractivity contribution in [3.05, 3.63) is 35.7 Å². The van der Waals surface area contributed by atoms with Crippen LogP contribution in [0.3, 0.4) is 0 Å². The molecule has 13 heavy (non-hydrogen) atoms. The van der Waals surface area contributed by atoms with Crippen LogP contribution < -0.4 is 5.73 Å². The molecule has 0 aliphatic carbocycles. The number of pyridine rings is 1. The van der Waals surface area contributed by atoms with Crippen molar-refractivity contribution in [1.82, 2.24) is 14.8 Å². The number of rotatable bonds is 1. The normalized spacial score (nSPS) is 10.2. The molecule has 2 heterocycles. The maximum Gasteiger partial charge on any atom is 0.155 e. The van der Waals surface area contributed by atoms with E-state index >= 15 is 0 Å². The van der Waals surface area contributed by atoms with Gasteiger partial charge in [-0.3, -0.25) is 0 Å². The number of hydrogen-bond donors (Lipinski definition) is 1. The van der Waals surface area contributed by atoms with Gasteiger partial charge in [0.05, 0.1) is 18.1 Å². The second kappa shape index (κ2) is 3.06. The van der Waals surface area contributed by atoms with Crippen LogP contribution in [0.2, 0.25) is 5.15 Å². The van der Waals surface area contributed by atoms with E-state index in [-0.39, 0.29) is 0 Å². The van der Waals surface area contributed by atoms with Gasteiger partial charge in [-0.1, -0.05) is 17.7 Å². The molecule has 0 aliphatic heterocycles. The number of anilines is 1. The van der Waals surface area contributed by atoms with Crippen LogP contribution in [0.25, 0.3) is 5.82 Å². The number of nitrogens with zero attached hydrogens (tertiary/aromatic N) is 3. The highest BCUT2D eigenvalue weighted by Gasteiger charge is 1.99. The molecule has 0 radical (unpaired) electrons. The Morgan fingerprint density at radius 3 is 2.85 bits per heavy atom. The van der Waals surface area contributed by atoms with Crippen molar-refractivity contribution < 1.29 is 0 Å². The monoisotopic (exact) mass is 194 g/mol. The lowest BCUT2D eigenvalue weighted by atomic mass is 10.5. The van der Waals surface area contributed by atoms with E-state index in [1.807, 2.05) is 6.07 Å². The van der Waals surface area contributed by atoms with Gasteiger partial charge in [-0.15, -0.1) is 0 Å². The zero-order chi connectivity index (χ0) is 9.26. The molecule has 0 aromatic carbocycles. The second-order valence-electron chi connectivity index (χ2n) is 2.54. The summed E-state index contributed by atoms with van der Waals surface area (Å²) in [6.07, 6.45) is 3.24. The molecule has 0 atom stereocenters. The van der Waals surface area contributed by atoms with Crippen molar-refractivity contribution in [1.29, 1.82) is 0 Å². The molecule has 0 unspecified atom stereocenters. The van der Waals surface area contributed by atoms with Crippen molar-refractivity contribution in [3.63, 3.8) is 0 Å². The van der Waals surface area contributed by atoms with Crippen LogP contribution in [0.4, 0.5) is 5.69 Å². The Morgan fingerprint density at radius 1 is 1.38 bits per heavy atom. The first kappa shape index (κ1) is 8.07. The molecule has 0 saturated heterocycles. The molecule has 0 aliphatic rings. The summed E-state index contributed by atoms with van der Waals surface area (Å²) in [5.41, 5.74) is 6.11. The van der Waals surface area contributed by atoms with Crippen LogP contribution in [-0.4, -0.2) is 14.8 Å². The summed E-state index contributed by atoms with van der Waals surface area (Å²) in [5, 5.41) is 4.43. The van der Waals surface area contributed by atoms with Gasteiger partial charge in [0, 0.05) is 0 Å². The number of nitrogens with two attached hydrogens (primary N) is 1. The van der Waals surface area contributed by atoms with Crippen LogP contribution in [0.5, 0.6) is 0 Å². The Morgan fingerprint density at radius 2 is 2.23 bits per heavy atom. The van der Waals surface area contributed by atoms with Crippen LogP contribution >= 0.6 is 11.6 Å². The summed E-state index contributed by atoms with van der Waals surface area (Å²) in [4.78, 5) is 4.07. The Bertz CT molecular complexity index is 424. The Hall–Kier alpha value is -1.55. The molecule has 0 saturated carbocycles. The molecule has 2 N–H and O–H groups in total. The average molecular weight is 195 g/mol. The van der Waals surface area contributed by atoms with Crippen LogP contribution in [0.15, 0.2) is 30.6 Å². The molecular formula is C8H7ClN4. The van der Waals surface area contributed by atoms with Crippen molar-refractivity contribution in [2.45, 2.75) is 0 Å². The van der Waals surface area contributed by atoms with E-state index in [0.29, 0.717) is 16.7 Å². The molecule has 0 spiro atoms. The number of nitrogen functional groups attached to an aromatic ring is 1. The largest absolute Gasteiger partial charge is 0.396 e. The fraction of sp³-hybridized carbons (Fsp3) is 0. The molecule has 2 aromatic heterocycles. The maximum atomic E-state index is 5.72. The van der Waals surface area contributed by atoms with E-state index in [0.717, 1.165) is 0 Å². The highest BCUT2D eigenvalue weighted by molar-refractivity contribution is 6.29. The Labute approximate surface area is 80.0 Å². The first-order chi connectivity index (χ1) is 6.25. The molecule has 2 rings (SSSR count). The average Bonchev–Trinajstić information content (AvgIpc) is 2.52. The minimum Gasteiger partial charge on any atom is -0.396 e. The van der Waals surface area contributed by atoms with Gasteiger partial charge in [-0.25, -0.2) is 9.67 Å². The van der Waals surface area contributed by atoms with Crippen LogP contribution in [-0.2, 0) is 0 Å². The summed E-state index contributed by atoms with van der Waals surface area (Å²) in [5.74, 6) is 0.657. The Kier molecular flexibility index (Phi) is 1.90. The predicted octanol–water partition coefficient (Wildman–Crippen LogP) is 1.50. The molecule has 2 aromatic rings. The van der Waals surface area contributed by atoms with Gasteiger partial charge in [-0.05, 0) is 12.1 Å². The quantitative estimate of drug-likeness (QED) is 0.700. The van der Waals surface area contributed by atoms with Crippen molar-refractivity contribution in [2.75, 3.05) is 5.73 Å². The van der Waals surface area contributed by atoms with Crippen molar-refractivity contribution in [2.24, 2.45) is 0 Å². The SMILES string of the molecule is Nc1cnn(-c2cccc(Cl)n2)c1. The number of hydrogen-bond acceptors (Lipinski definition) is 3. The smallest absolute Gasteiger partial charge is 0.155 e. The number of aromatic nitrogens is 3. The van der Waals surface area contributed by atoms with E-state index in [4.69, 9.17) is 17.3 Å². The second-order valence-corrected chi connectivity index (χ2v) is 2.92. The zero-order valence-corrected chi connectivity index (χ0v) is 7.44. The topological polar surface area (TPSA) is 56.7 Å². The van der Waals surface area contributed by atoms with Gasteiger partial charge in [0.15, 0.2) is 5.82 Å². The Balaban J connectivity index is 2.46. The summed E-state index contributed by atoms with van der Waals surface area (Å²) in [6, 6.07) is 5.32. The van der Waals surface area contributed by atoms with Crippen molar-refractivity contribution in [3.8, 4) is 5.82 Å². The van der Waals surface area contributed by atoms with E-state index in [9.17, 15) is 0 Å². The van der Waals surface area contributed by atoms with E-state index in [1.165, 1.54) is 0 Å². The highest BCUT2D eigenvalue weighted by Crippen LogP contribution is 2.10. The molecule has 0 bridgehead atoms. The fourth-order valence-electron chi connectivity index (χ4n) is 0.987. The number of halogens is 1. The van der Waals surface area contributed by atoms with Gasteiger partial charge >= 0.3 is 0 Å². The first-order valence-electron chi connectivity index (χ1n) is 3.69. The minimum atomic E-state index is 0.437. The molecule has 4 nitrogen and oxygen atoms in total. The van der Waals surface area contributed by atoms with E-state index < -0.39 is 0 Å². The molecule has 0 fully saturated rings. The first-order valence-corrected chi connectivity index (χ1v) is 4.06. The van der Waals surface area contributed by atoms with Gasteiger partial charge in [0.25, 0.3) is 0 Å². The van der Waals surface area contributed by atoms with Gasteiger partial charge < -0.3 is 5.73 Å². The molecule has 0 amide bonds. The standard InChI is InChI=1S/C8H7ClN4/c9-7-2-1-3-8(12-7)13-5-6(10)4-11-13/h1-5H,10H2. The summed E-state index contributed by atoms with van der Waals surface area (Å²) in [6.45, 7) is 0. The van der Waals surface area contributed by atoms with Gasteiger partial charge in [-0.2, -0.15) is 5.10 Å². The summed E-state index contributed by atoms with van der Waals surface area (Å²) < 4.78 is 1.57. The third-order valence-corrected chi connectivity index (χ3v) is 1.75. The van der Waals surface area contributed by atoms with Gasteiger partial charge in [0.1, 0.15) is 5.15 Å². The van der Waals surface area contributed by atoms with Gasteiger partial charge in [0.2, 0.25) is 0 Å². The summed E-state index contributed by atoms with van der Waals surface area (Å²) in [7, 11) is 0. The van der Waals surface area contributed by atoms with E-state index in [1.54, 1.807) is 29.2 Å². The molecular weight excluding hydrogens is 188 g/mol. The molecule has 66 valence electrons. The van der Waals surface area contributed by atoms with Crippen LogP contribution in [0.1, 0.15) is 0 Å². The fourth-order valence-corrected chi connectivity index (χ4v) is 1.15. The third kappa shape index (κ3) is 1.62. The van der Waals surface area contributed by atoms with E-state index in [2.05, 4.69) is 10.1 Å².